The van der Waals surface area contributed by atoms with Gasteiger partial charge in [0.15, 0.2) is 0 Å². The molecule has 1 atom stereocenters. The lowest BCUT2D eigenvalue weighted by atomic mass is 10.1. The molecule has 30 heavy (non-hydrogen) atoms. The first-order valence-electron chi connectivity index (χ1n) is 9.60. The summed E-state index contributed by atoms with van der Waals surface area (Å²) in [4.78, 5) is 26.4. The number of rotatable bonds is 7. The van der Waals surface area contributed by atoms with Crippen molar-refractivity contribution in [1.82, 2.24) is 4.90 Å². The second-order valence-electron chi connectivity index (χ2n) is 7.05. The second-order valence-corrected chi connectivity index (χ2v) is 8.64. The molecule has 0 spiro atoms. The Bertz CT molecular complexity index is 1020. The molecular formula is C24H20ClNO3S. The van der Waals surface area contributed by atoms with Gasteiger partial charge in [0, 0.05) is 5.02 Å². The average Bonchev–Trinajstić information content (AvgIpc) is 3.03. The van der Waals surface area contributed by atoms with Crippen molar-refractivity contribution >= 4 is 34.5 Å². The molecule has 0 aromatic heterocycles. The van der Waals surface area contributed by atoms with E-state index in [1.54, 1.807) is 12.1 Å². The number of hydrogen-bond donors (Lipinski definition) is 0. The molecule has 4 rings (SSSR count). The van der Waals surface area contributed by atoms with Crippen molar-refractivity contribution in [3.63, 3.8) is 0 Å². The van der Waals surface area contributed by atoms with E-state index in [1.807, 2.05) is 66.7 Å². The first-order chi connectivity index (χ1) is 14.6. The quantitative estimate of drug-likeness (QED) is 0.473. The van der Waals surface area contributed by atoms with Gasteiger partial charge in [-0.1, -0.05) is 78.0 Å². The maximum atomic E-state index is 12.8. The van der Waals surface area contributed by atoms with Crippen molar-refractivity contribution in [3.05, 3.63) is 101 Å². The van der Waals surface area contributed by atoms with E-state index in [-0.39, 0.29) is 17.7 Å². The minimum absolute atomic E-state index is 0.149. The SMILES string of the molecule is O=C1S[C@H](Cc2ccc(OCc3ccccc3)cc2)C(=O)N1Cc1ccc(Cl)cc1. The van der Waals surface area contributed by atoms with Crippen LogP contribution in [0.4, 0.5) is 4.79 Å². The third kappa shape index (κ3) is 5.04. The van der Waals surface area contributed by atoms with Crippen molar-refractivity contribution in [2.75, 3.05) is 0 Å². The van der Waals surface area contributed by atoms with Gasteiger partial charge in [-0.3, -0.25) is 14.5 Å². The van der Waals surface area contributed by atoms with E-state index in [9.17, 15) is 9.59 Å². The van der Waals surface area contributed by atoms with E-state index >= 15 is 0 Å². The fourth-order valence-electron chi connectivity index (χ4n) is 3.22. The molecule has 1 saturated heterocycles. The molecule has 3 aromatic carbocycles. The monoisotopic (exact) mass is 437 g/mol. The van der Waals surface area contributed by atoms with Crippen LogP contribution >= 0.6 is 23.4 Å². The van der Waals surface area contributed by atoms with E-state index in [4.69, 9.17) is 16.3 Å². The van der Waals surface area contributed by atoms with Crippen LogP contribution in [0.2, 0.25) is 5.02 Å². The van der Waals surface area contributed by atoms with Gasteiger partial charge in [0.1, 0.15) is 12.4 Å². The van der Waals surface area contributed by atoms with Gasteiger partial charge >= 0.3 is 0 Å². The van der Waals surface area contributed by atoms with Crippen LogP contribution in [0.5, 0.6) is 5.75 Å². The van der Waals surface area contributed by atoms with Gasteiger partial charge in [-0.2, -0.15) is 0 Å². The lowest BCUT2D eigenvalue weighted by Gasteiger charge is -2.14. The molecule has 0 bridgehead atoms. The van der Waals surface area contributed by atoms with Crippen LogP contribution in [0.3, 0.4) is 0 Å². The smallest absolute Gasteiger partial charge is 0.289 e. The van der Waals surface area contributed by atoms with Crippen LogP contribution in [0.25, 0.3) is 0 Å². The van der Waals surface area contributed by atoms with Crippen molar-refractivity contribution in [1.29, 1.82) is 0 Å². The Morgan fingerprint density at radius 1 is 0.833 bits per heavy atom. The highest BCUT2D eigenvalue weighted by atomic mass is 35.5. The predicted molar refractivity (Wildman–Crippen MR) is 120 cm³/mol. The van der Waals surface area contributed by atoms with E-state index in [0.29, 0.717) is 18.1 Å². The molecule has 1 heterocycles. The molecule has 6 heteroatoms. The van der Waals surface area contributed by atoms with Crippen molar-refractivity contribution < 1.29 is 14.3 Å². The molecule has 3 aromatic rings. The topological polar surface area (TPSA) is 46.6 Å². The number of amides is 2. The zero-order chi connectivity index (χ0) is 20.9. The first-order valence-corrected chi connectivity index (χ1v) is 10.9. The molecule has 1 aliphatic rings. The zero-order valence-electron chi connectivity index (χ0n) is 16.2. The molecule has 1 fully saturated rings. The summed E-state index contributed by atoms with van der Waals surface area (Å²) < 4.78 is 5.80. The van der Waals surface area contributed by atoms with Gasteiger partial charge in [0.05, 0.1) is 11.8 Å². The Hall–Kier alpha value is -2.76. The Balaban J connectivity index is 1.34. The van der Waals surface area contributed by atoms with Crippen LogP contribution in [-0.4, -0.2) is 21.3 Å². The van der Waals surface area contributed by atoms with Gasteiger partial charge in [-0.25, -0.2) is 0 Å². The molecule has 1 aliphatic heterocycles. The van der Waals surface area contributed by atoms with Gasteiger partial charge in [-0.05, 0) is 47.4 Å². The Morgan fingerprint density at radius 2 is 1.50 bits per heavy atom. The van der Waals surface area contributed by atoms with Gasteiger partial charge in [0.2, 0.25) is 5.91 Å². The molecular weight excluding hydrogens is 418 g/mol. The van der Waals surface area contributed by atoms with E-state index < -0.39 is 5.25 Å². The number of imide groups is 1. The predicted octanol–water partition coefficient (Wildman–Crippen LogP) is 5.73. The van der Waals surface area contributed by atoms with Crippen LogP contribution in [0, 0.1) is 0 Å². The Labute approximate surface area is 184 Å². The molecule has 0 aliphatic carbocycles. The van der Waals surface area contributed by atoms with Crippen LogP contribution in [-0.2, 0) is 24.4 Å². The van der Waals surface area contributed by atoms with E-state index in [0.717, 1.165) is 34.2 Å². The van der Waals surface area contributed by atoms with Crippen LogP contribution in [0.1, 0.15) is 16.7 Å². The van der Waals surface area contributed by atoms with Gasteiger partial charge in [0.25, 0.3) is 5.24 Å². The van der Waals surface area contributed by atoms with Crippen molar-refractivity contribution in [2.24, 2.45) is 0 Å². The Kier molecular flexibility index (Phi) is 6.41. The summed E-state index contributed by atoms with van der Waals surface area (Å²) in [5.74, 6) is 0.623. The van der Waals surface area contributed by atoms with Crippen molar-refractivity contribution in [3.8, 4) is 5.75 Å². The van der Waals surface area contributed by atoms with E-state index in [2.05, 4.69) is 0 Å². The molecule has 152 valence electrons. The highest BCUT2D eigenvalue weighted by Gasteiger charge is 2.39. The molecule has 4 nitrogen and oxygen atoms in total. The summed E-state index contributed by atoms with van der Waals surface area (Å²) in [6.07, 6.45) is 0.505. The number of benzene rings is 3. The standard InChI is InChI=1S/C24H20ClNO3S/c25-20-10-6-18(7-11-20)15-26-23(27)22(30-24(26)28)14-17-8-12-21(13-9-17)29-16-19-4-2-1-3-5-19/h1-13,22H,14-16H2/t22-/m1/s1. The maximum absolute atomic E-state index is 12.8. The third-order valence-corrected chi connectivity index (χ3v) is 6.18. The van der Waals surface area contributed by atoms with Crippen molar-refractivity contribution in [2.45, 2.75) is 24.8 Å². The average molecular weight is 438 g/mol. The third-order valence-electron chi connectivity index (χ3n) is 4.85. The number of carbonyl (C=O) groups excluding carboxylic acids is 2. The number of halogens is 1. The second kappa shape index (κ2) is 9.37. The summed E-state index contributed by atoms with van der Waals surface area (Å²) in [5, 5.41) is 0.0184. The Morgan fingerprint density at radius 3 is 2.20 bits per heavy atom. The first kappa shape index (κ1) is 20.5. The fraction of sp³-hybridized carbons (Fsp3) is 0.167. The molecule has 0 unspecified atom stereocenters. The van der Waals surface area contributed by atoms with Crippen LogP contribution in [0.15, 0.2) is 78.9 Å². The van der Waals surface area contributed by atoms with Crippen LogP contribution < -0.4 is 4.74 Å². The molecule has 0 radical (unpaired) electrons. The normalized spacial score (nSPS) is 16.2. The largest absolute Gasteiger partial charge is 0.489 e. The number of thioether (sulfide) groups is 1. The molecule has 0 N–H and O–H groups in total. The number of nitrogens with zero attached hydrogens (tertiary/aromatic N) is 1. The lowest BCUT2D eigenvalue weighted by Crippen LogP contribution is -2.31. The summed E-state index contributed by atoms with van der Waals surface area (Å²) in [5.41, 5.74) is 2.98. The summed E-state index contributed by atoms with van der Waals surface area (Å²) in [6, 6.07) is 24.8. The minimum atomic E-state index is -0.402. The van der Waals surface area contributed by atoms with Gasteiger partial charge < -0.3 is 4.74 Å². The number of hydrogen-bond acceptors (Lipinski definition) is 4. The summed E-state index contributed by atoms with van der Waals surface area (Å²) >= 11 is 6.99. The van der Waals surface area contributed by atoms with Gasteiger partial charge in [-0.15, -0.1) is 0 Å². The zero-order valence-corrected chi connectivity index (χ0v) is 17.7. The number of ether oxygens (including phenoxy) is 1. The van der Waals surface area contributed by atoms with E-state index in [1.165, 1.54) is 4.90 Å². The highest BCUT2D eigenvalue weighted by molar-refractivity contribution is 8.15. The summed E-state index contributed by atoms with van der Waals surface area (Å²) in [6.45, 7) is 0.774. The molecule has 2 amide bonds. The maximum Gasteiger partial charge on any atom is 0.289 e. The fourth-order valence-corrected chi connectivity index (χ4v) is 4.38. The lowest BCUT2D eigenvalue weighted by molar-refractivity contribution is -0.127. The molecule has 0 saturated carbocycles. The number of carbonyl (C=O) groups is 2. The highest BCUT2D eigenvalue weighted by Crippen LogP contribution is 2.31. The summed E-state index contributed by atoms with van der Waals surface area (Å²) in [7, 11) is 0. The minimum Gasteiger partial charge on any atom is -0.489 e.